The molecule has 3 rings (SSSR count). The molecule has 0 atom stereocenters. The van der Waals surface area contributed by atoms with Crippen LogP contribution in [-0.4, -0.2) is 24.1 Å². The van der Waals surface area contributed by atoms with Crippen LogP contribution < -0.4 is 28.5 Å². The average molecular weight is 598 g/mol. The first kappa shape index (κ1) is 26.4. The third-order valence-electron chi connectivity index (χ3n) is 4.43. The molecule has 0 aliphatic rings. The number of esters is 1. The van der Waals surface area contributed by atoms with Crippen LogP contribution in [0, 0.1) is 19.3 Å². The number of aryl methyl sites for hydroxylation is 1. The first-order valence-electron chi connectivity index (χ1n) is 9.60. The van der Waals surface area contributed by atoms with Gasteiger partial charge in [0.25, 0.3) is 0 Å². The molecule has 0 aliphatic carbocycles. The van der Waals surface area contributed by atoms with E-state index in [1.807, 2.05) is 36.0 Å². The molecule has 0 bridgehead atoms. The summed E-state index contributed by atoms with van der Waals surface area (Å²) in [6.45, 7) is 4.03. The van der Waals surface area contributed by atoms with Gasteiger partial charge in [0.2, 0.25) is 11.5 Å². The van der Waals surface area contributed by atoms with Crippen molar-refractivity contribution in [2.45, 2.75) is 24.5 Å². The maximum Gasteiger partial charge on any atom is 0.310 e. The lowest BCUT2D eigenvalue weighted by molar-refractivity contribution is -0.598. The topological polar surface area (TPSA) is 47.3 Å². The summed E-state index contributed by atoms with van der Waals surface area (Å²) in [5, 5.41) is 0.552. The smallest absolute Gasteiger partial charge is 0.310 e. The molecule has 3 aromatic rings. The molecule has 0 saturated carbocycles. The lowest BCUT2D eigenvalue weighted by Crippen LogP contribution is -3.00. The molecule has 0 radical (unpaired) electrons. The molecular weight excluding hydrogens is 577 g/mol. The molecule has 0 amide bonds. The number of aromatic nitrogens is 1. The van der Waals surface area contributed by atoms with Gasteiger partial charge < -0.3 is 28.7 Å². The number of carbonyl (C=O) groups excluding carboxylic acids is 2. The molecule has 0 aliphatic heterocycles. The Balaban J connectivity index is 0.00000363. The molecule has 2 aromatic heterocycles. The Hall–Kier alpha value is -1.86. The fourth-order valence-electron chi connectivity index (χ4n) is 2.99. The van der Waals surface area contributed by atoms with E-state index in [4.69, 9.17) is 22.8 Å². The van der Waals surface area contributed by atoms with Crippen LogP contribution in [0.25, 0.3) is 5.69 Å². The average Bonchev–Trinajstić information content (AvgIpc) is 3.11. The molecule has 166 valence electrons. The summed E-state index contributed by atoms with van der Waals surface area (Å²) in [7, 11) is 0. The quantitative estimate of drug-likeness (QED) is 0.0997. The summed E-state index contributed by atoms with van der Waals surface area (Å²) < 4.78 is 8.00. The van der Waals surface area contributed by atoms with Crippen LogP contribution in [-0.2, 0) is 16.0 Å². The molecule has 1 aromatic carbocycles. The zero-order chi connectivity index (χ0) is 22.4. The molecule has 0 saturated heterocycles. The van der Waals surface area contributed by atoms with Crippen molar-refractivity contribution in [2.75, 3.05) is 12.4 Å². The number of rotatable bonds is 8. The molecule has 0 unspecified atom stereocenters. The summed E-state index contributed by atoms with van der Waals surface area (Å²) >= 11 is 8.80. The van der Waals surface area contributed by atoms with Crippen LogP contribution in [0.15, 0.2) is 53.0 Å². The number of carbonyl (C=O) groups is 2. The van der Waals surface area contributed by atoms with E-state index >= 15 is 0 Å². The Bertz CT molecular complexity index is 1140. The van der Waals surface area contributed by atoms with Gasteiger partial charge in [-0.15, -0.1) is 17.8 Å². The minimum Gasteiger partial charge on any atom is -1.00 e. The molecular formula is C24H21ClINO3S2. The van der Waals surface area contributed by atoms with E-state index in [-0.39, 0.29) is 48.8 Å². The number of thioether (sulfide) groups is 1. The molecule has 4 nitrogen and oxygen atoms in total. The minimum atomic E-state index is -0.382. The zero-order valence-electron chi connectivity index (χ0n) is 17.6. The van der Waals surface area contributed by atoms with Crippen molar-refractivity contribution < 1.29 is 42.9 Å². The van der Waals surface area contributed by atoms with Crippen molar-refractivity contribution in [3.63, 3.8) is 0 Å². The number of terminal acetylenes is 1. The first-order chi connectivity index (χ1) is 14.9. The highest BCUT2D eigenvalue weighted by Crippen LogP contribution is 2.38. The maximum atomic E-state index is 13.4. The van der Waals surface area contributed by atoms with Gasteiger partial charge in [-0.05, 0) is 43.7 Å². The molecule has 0 spiro atoms. The van der Waals surface area contributed by atoms with Crippen molar-refractivity contribution in [3.05, 3.63) is 75.4 Å². The van der Waals surface area contributed by atoms with Gasteiger partial charge in [-0.3, -0.25) is 9.59 Å². The highest BCUT2D eigenvalue weighted by molar-refractivity contribution is 8.01. The number of ether oxygens (including phenoxy) is 1. The van der Waals surface area contributed by atoms with Crippen molar-refractivity contribution >= 4 is 46.5 Å². The predicted octanol–water partition coefficient (Wildman–Crippen LogP) is 2.05. The Kier molecular flexibility index (Phi) is 10.2. The van der Waals surface area contributed by atoms with E-state index in [9.17, 15) is 9.59 Å². The first-order valence-corrected chi connectivity index (χ1v) is 11.8. The van der Waals surface area contributed by atoms with Gasteiger partial charge in [0.15, 0.2) is 12.4 Å². The van der Waals surface area contributed by atoms with Gasteiger partial charge in [0.1, 0.15) is 4.21 Å². The second-order valence-corrected chi connectivity index (χ2v) is 9.34. The number of hydrogen-bond donors (Lipinski definition) is 0. The number of nitrogens with zero attached hydrogens (tertiary/aromatic N) is 1. The van der Waals surface area contributed by atoms with Gasteiger partial charge in [-0.1, -0.05) is 29.3 Å². The van der Waals surface area contributed by atoms with E-state index < -0.39 is 0 Å². The number of benzene rings is 1. The Morgan fingerprint density at radius 2 is 1.84 bits per heavy atom. The molecule has 8 heteroatoms. The van der Waals surface area contributed by atoms with Crippen LogP contribution in [0.4, 0.5) is 0 Å². The summed E-state index contributed by atoms with van der Waals surface area (Å²) in [6.07, 6.45) is 9.32. The highest BCUT2D eigenvalue weighted by atomic mass is 127. The Morgan fingerprint density at radius 3 is 2.44 bits per heavy atom. The number of pyridine rings is 1. The maximum absolute atomic E-state index is 13.4. The van der Waals surface area contributed by atoms with Gasteiger partial charge in [-0.2, -0.15) is 4.57 Å². The summed E-state index contributed by atoms with van der Waals surface area (Å²) in [6, 6.07) is 10.7. The zero-order valence-corrected chi connectivity index (χ0v) is 22.1. The number of halogens is 2. The third-order valence-corrected chi connectivity index (χ3v) is 7.06. The Morgan fingerprint density at radius 1 is 1.19 bits per heavy atom. The van der Waals surface area contributed by atoms with Crippen LogP contribution in [0.3, 0.4) is 0 Å². The van der Waals surface area contributed by atoms with Gasteiger partial charge in [0.05, 0.1) is 29.2 Å². The van der Waals surface area contributed by atoms with E-state index in [2.05, 4.69) is 5.92 Å². The lowest BCUT2D eigenvalue weighted by Gasteiger charge is -2.06. The highest BCUT2D eigenvalue weighted by Gasteiger charge is 2.31. The number of hydrogen-bond acceptors (Lipinski definition) is 5. The monoisotopic (exact) mass is 597 g/mol. The molecule has 32 heavy (non-hydrogen) atoms. The fourth-order valence-corrected chi connectivity index (χ4v) is 5.37. The summed E-state index contributed by atoms with van der Waals surface area (Å²) in [5.74, 6) is 2.54. The van der Waals surface area contributed by atoms with Crippen LogP contribution in [0.1, 0.15) is 33.3 Å². The fraction of sp³-hybridized carbons (Fsp3) is 0.208. The number of thiophene rings is 1. The summed E-state index contributed by atoms with van der Waals surface area (Å²) in [4.78, 5) is 26.3. The van der Waals surface area contributed by atoms with E-state index in [0.29, 0.717) is 26.8 Å². The molecule has 2 heterocycles. The minimum absolute atomic E-state index is 0. The van der Waals surface area contributed by atoms with Crippen LogP contribution in [0.5, 0.6) is 0 Å². The van der Waals surface area contributed by atoms with E-state index in [1.165, 1.54) is 23.1 Å². The second kappa shape index (κ2) is 12.4. The third kappa shape index (κ3) is 6.35. The Labute approximate surface area is 218 Å². The van der Waals surface area contributed by atoms with Crippen molar-refractivity contribution in [1.82, 2.24) is 0 Å². The van der Waals surface area contributed by atoms with E-state index in [0.717, 1.165) is 15.5 Å². The van der Waals surface area contributed by atoms with Crippen molar-refractivity contribution in [1.29, 1.82) is 0 Å². The van der Waals surface area contributed by atoms with Crippen molar-refractivity contribution in [2.24, 2.45) is 0 Å². The summed E-state index contributed by atoms with van der Waals surface area (Å²) in [5.41, 5.74) is 3.03. The van der Waals surface area contributed by atoms with E-state index in [1.54, 1.807) is 31.2 Å². The van der Waals surface area contributed by atoms with Crippen LogP contribution >= 0.6 is 34.7 Å². The predicted molar refractivity (Wildman–Crippen MR) is 125 cm³/mol. The van der Waals surface area contributed by atoms with Gasteiger partial charge >= 0.3 is 5.97 Å². The lowest BCUT2D eigenvalue weighted by atomic mass is 10.0. The van der Waals surface area contributed by atoms with Gasteiger partial charge in [-0.25, -0.2) is 0 Å². The SMILES string of the molecule is C#CCSc1sc(C(=O)c2ccc(Cl)cc2)c(CC(=O)OCC)c1-[n+]1ccc(C)cc1.[I-]. The normalized spacial score (nSPS) is 10.2. The molecule has 0 fully saturated rings. The van der Waals surface area contributed by atoms with Gasteiger partial charge in [0, 0.05) is 22.7 Å². The number of ketones is 1. The second-order valence-electron chi connectivity index (χ2n) is 6.64. The van der Waals surface area contributed by atoms with Crippen molar-refractivity contribution in [3.8, 4) is 18.0 Å². The molecule has 0 N–H and O–H groups in total. The standard InChI is InChI=1S/C24H21ClNO3S2.HI/c1-4-14-30-24-21(26-12-10-16(3)11-13-26)19(15-20(27)29-5-2)23(31-24)22(28)17-6-8-18(25)9-7-17;/h1,6-13H,5,14-15H2,2-3H3;1H/q+1;/p-1. The largest absolute Gasteiger partial charge is 1.00 e. The van der Waals surface area contributed by atoms with Crippen LogP contribution in [0.2, 0.25) is 5.02 Å².